The van der Waals surface area contributed by atoms with Gasteiger partial charge in [0.2, 0.25) is 10.0 Å². The molecule has 0 atom stereocenters. The van der Waals surface area contributed by atoms with Crippen molar-refractivity contribution in [2.45, 2.75) is 6.54 Å². The van der Waals surface area contributed by atoms with Gasteiger partial charge in [-0.05, 0) is 17.7 Å². The minimum atomic E-state index is -3.33. The van der Waals surface area contributed by atoms with Gasteiger partial charge < -0.3 is 4.74 Å². The summed E-state index contributed by atoms with van der Waals surface area (Å²) in [6, 6.07) is 7.44. The van der Waals surface area contributed by atoms with Crippen LogP contribution in [0.15, 0.2) is 24.3 Å². The van der Waals surface area contributed by atoms with Crippen molar-refractivity contribution in [2.24, 2.45) is 0 Å². The lowest BCUT2D eigenvalue weighted by molar-refractivity contribution is 0.0342. The van der Waals surface area contributed by atoms with Crippen LogP contribution in [0.4, 0.5) is 5.69 Å². The third kappa shape index (κ3) is 4.94. The van der Waals surface area contributed by atoms with E-state index in [1.54, 1.807) is 12.1 Å². The largest absolute Gasteiger partial charge is 0.379 e. The highest BCUT2D eigenvalue weighted by atomic mass is 35.5. The molecule has 1 aromatic carbocycles. The van der Waals surface area contributed by atoms with E-state index in [2.05, 4.69) is 9.62 Å². The van der Waals surface area contributed by atoms with E-state index in [9.17, 15) is 8.42 Å². The highest BCUT2D eigenvalue weighted by molar-refractivity contribution is 7.92. The molecule has 112 valence electrons. The lowest BCUT2D eigenvalue weighted by Crippen LogP contribution is -2.35. The molecule has 0 aromatic heterocycles. The van der Waals surface area contributed by atoms with E-state index in [4.69, 9.17) is 16.3 Å². The van der Waals surface area contributed by atoms with Crippen LogP contribution in [-0.4, -0.2) is 51.3 Å². The van der Waals surface area contributed by atoms with Gasteiger partial charge in [-0.15, -0.1) is 11.6 Å². The molecule has 1 aromatic rings. The first kappa shape index (κ1) is 15.6. The van der Waals surface area contributed by atoms with Crippen molar-refractivity contribution < 1.29 is 13.2 Å². The first-order valence-electron chi connectivity index (χ1n) is 6.54. The minimum Gasteiger partial charge on any atom is -0.379 e. The van der Waals surface area contributed by atoms with Crippen LogP contribution in [-0.2, 0) is 21.3 Å². The van der Waals surface area contributed by atoms with Gasteiger partial charge in [-0.2, -0.15) is 0 Å². The molecule has 0 unspecified atom stereocenters. The number of hydrogen-bond acceptors (Lipinski definition) is 4. The van der Waals surface area contributed by atoms with E-state index in [0.717, 1.165) is 38.4 Å². The Balaban J connectivity index is 1.92. The lowest BCUT2D eigenvalue weighted by atomic mass is 10.2. The normalized spacial score (nSPS) is 17.1. The summed E-state index contributed by atoms with van der Waals surface area (Å²) in [6.07, 6.45) is 0. The van der Waals surface area contributed by atoms with Crippen LogP contribution in [0.25, 0.3) is 0 Å². The fraction of sp³-hybridized carbons (Fsp3) is 0.538. The molecule has 1 heterocycles. The van der Waals surface area contributed by atoms with E-state index in [-0.39, 0.29) is 11.6 Å². The predicted molar refractivity (Wildman–Crippen MR) is 80.7 cm³/mol. The van der Waals surface area contributed by atoms with E-state index in [1.807, 2.05) is 12.1 Å². The van der Waals surface area contributed by atoms with Gasteiger partial charge in [0.15, 0.2) is 0 Å². The average molecular weight is 319 g/mol. The molecule has 1 aliphatic rings. The van der Waals surface area contributed by atoms with Gasteiger partial charge in [0.1, 0.15) is 0 Å². The number of hydrogen-bond donors (Lipinski definition) is 1. The molecule has 0 radical (unpaired) electrons. The molecule has 0 aliphatic carbocycles. The number of anilines is 1. The van der Waals surface area contributed by atoms with Gasteiger partial charge >= 0.3 is 0 Å². The molecule has 7 heteroatoms. The molecule has 20 heavy (non-hydrogen) atoms. The molecule has 0 spiro atoms. The van der Waals surface area contributed by atoms with Crippen LogP contribution in [0.5, 0.6) is 0 Å². The van der Waals surface area contributed by atoms with Gasteiger partial charge in [0.25, 0.3) is 0 Å². The maximum atomic E-state index is 11.6. The van der Waals surface area contributed by atoms with E-state index < -0.39 is 10.0 Å². The second-order valence-electron chi connectivity index (χ2n) is 4.70. The summed E-state index contributed by atoms with van der Waals surface area (Å²) in [5.74, 6) is 0.00846. The van der Waals surface area contributed by atoms with Crippen molar-refractivity contribution in [3.63, 3.8) is 0 Å². The Hall–Kier alpha value is -0.820. The molecular formula is C13H19ClN2O3S. The second kappa shape index (κ2) is 7.26. The maximum Gasteiger partial charge on any atom is 0.233 e. The summed E-state index contributed by atoms with van der Waals surface area (Å²) in [5, 5.41) is 0. The van der Waals surface area contributed by atoms with Crippen LogP contribution in [0.2, 0.25) is 0 Å². The van der Waals surface area contributed by atoms with Gasteiger partial charge in [-0.3, -0.25) is 9.62 Å². The van der Waals surface area contributed by atoms with Crippen molar-refractivity contribution >= 4 is 27.3 Å². The summed E-state index contributed by atoms with van der Waals surface area (Å²) < 4.78 is 31.0. The first-order valence-corrected chi connectivity index (χ1v) is 8.73. The van der Waals surface area contributed by atoms with Crippen LogP contribution >= 0.6 is 11.6 Å². The molecular weight excluding hydrogens is 300 g/mol. The quantitative estimate of drug-likeness (QED) is 0.808. The number of morpholine rings is 1. The van der Waals surface area contributed by atoms with Gasteiger partial charge in [-0.25, -0.2) is 8.42 Å². The van der Waals surface area contributed by atoms with E-state index in [0.29, 0.717) is 5.69 Å². The van der Waals surface area contributed by atoms with Gasteiger partial charge in [-0.1, -0.05) is 12.1 Å². The zero-order valence-corrected chi connectivity index (χ0v) is 12.8. The zero-order chi connectivity index (χ0) is 14.4. The minimum absolute atomic E-state index is 0.0793. The molecule has 0 bridgehead atoms. The molecule has 1 saturated heterocycles. The smallest absolute Gasteiger partial charge is 0.233 e. The topological polar surface area (TPSA) is 58.6 Å². The van der Waals surface area contributed by atoms with Crippen molar-refractivity contribution in [3.05, 3.63) is 29.8 Å². The van der Waals surface area contributed by atoms with Crippen LogP contribution in [0.1, 0.15) is 5.56 Å². The molecule has 1 aliphatic heterocycles. The van der Waals surface area contributed by atoms with Crippen molar-refractivity contribution in [1.29, 1.82) is 0 Å². The molecule has 1 fully saturated rings. The fourth-order valence-corrected chi connectivity index (χ4v) is 3.44. The average Bonchev–Trinajstić information content (AvgIpc) is 2.42. The van der Waals surface area contributed by atoms with E-state index >= 15 is 0 Å². The number of nitrogens with zero attached hydrogens (tertiary/aromatic N) is 1. The van der Waals surface area contributed by atoms with Gasteiger partial charge in [0.05, 0.1) is 19.0 Å². The Morgan fingerprint density at radius 1 is 1.20 bits per heavy atom. The fourth-order valence-electron chi connectivity index (χ4n) is 2.03. The molecule has 2 rings (SSSR count). The number of rotatable bonds is 6. The summed E-state index contributed by atoms with van der Waals surface area (Å²) in [4.78, 5) is 2.32. The number of benzene rings is 1. The van der Waals surface area contributed by atoms with E-state index in [1.165, 1.54) is 0 Å². The maximum absolute atomic E-state index is 11.6. The number of nitrogens with one attached hydrogen (secondary N) is 1. The highest BCUT2D eigenvalue weighted by Gasteiger charge is 2.11. The third-order valence-corrected chi connectivity index (χ3v) is 4.78. The van der Waals surface area contributed by atoms with Crippen LogP contribution < -0.4 is 4.72 Å². The summed E-state index contributed by atoms with van der Waals surface area (Å²) in [7, 11) is -3.33. The monoisotopic (exact) mass is 318 g/mol. The highest BCUT2D eigenvalue weighted by Crippen LogP contribution is 2.14. The number of halogens is 1. The summed E-state index contributed by atoms with van der Waals surface area (Å²) >= 11 is 5.45. The van der Waals surface area contributed by atoms with Crippen molar-refractivity contribution in [1.82, 2.24) is 4.90 Å². The number of ether oxygens (including phenoxy) is 1. The van der Waals surface area contributed by atoms with Crippen LogP contribution in [0.3, 0.4) is 0 Å². The Morgan fingerprint density at radius 3 is 2.45 bits per heavy atom. The Morgan fingerprint density at radius 2 is 1.85 bits per heavy atom. The summed E-state index contributed by atoms with van der Waals surface area (Å²) in [5.41, 5.74) is 1.73. The van der Waals surface area contributed by atoms with Crippen LogP contribution in [0, 0.1) is 0 Å². The number of sulfonamides is 1. The van der Waals surface area contributed by atoms with Crippen molar-refractivity contribution in [2.75, 3.05) is 42.7 Å². The molecule has 5 nitrogen and oxygen atoms in total. The molecule has 1 N–H and O–H groups in total. The Labute approximate surface area is 124 Å². The zero-order valence-electron chi connectivity index (χ0n) is 11.2. The molecule has 0 amide bonds. The lowest BCUT2D eigenvalue weighted by Gasteiger charge is -2.26. The predicted octanol–water partition coefficient (Wildman–Crippen LogP) is 1.50. The standard InChI is InChI=1S/C13H19ClN2O3S/c14-5-10-20(17,18)15-13-3-1-12(2-4-13)11-16-6-8-19-9-7-16/h1-4,15H,5-11H2. The molecule has 0 saturated carbocycles. The second-order valence-corrected chi connectivity index (χ2v) is 6.92. The Kier molecular flexibility index (Phi) is 5.65. The Bertz CT molecular complexity index is 513. The third-order valence-electron chi connectivity index (χ3n) is 3.08. The van der Waals surface area contributed by atoms with Gasteiger partial charge in [0, 0.05) is 31.2 Å². The van der Waals surface area contributed by atoms with Crippen molar-refractivity contribution in [3.8, 4) is 0 Å². The number of alkyl halides is 1. The first-order chi connectivity index (χ1) is 9.59. The summed E-state index contributed by atoms with van der Waals surface area (Å²) in [6.45, 7) is 4.28. The SMILES string of the molecule is O=S(=O)(CCCl)Nc1ccc(CN2CCOCC2)cc1.